The van der Waals surface area contributed by atoms with E-state index in [4.69, 9.17) is 23.2 Å². The highest BCUT2D eigenvalue weighted by Gasteiger charge is 2.14. The van der Waals surface area contributed by atoms with Crippen LogP contribution in [0.3, 0.4) is 0 Å². The van der Waals surface area contributed by atoms with Crippen molar-refractivity contribution in [2.75, 3.05) is 13.6 Å². The van der Waals surface area contributed by atoms with Crippen molar-refractivity contribution in [3.05, 3.63) is 28.8 Å². The van der Waals surface area contributed by atoms with Crippen LogP contribution in [0.5, 0.6) is 0 Å². The molecule has 1 aromatic heterocycles. The lowest BCUT2D eigenvalue weighted by atomic mass is 10.3. The number of aromatic nitrogens is 2. The molecule has 0 saturated heterocycles. The number of nitrogens with zero attached hydrogens (tertiary/aromatic N) is 3. The zero-order valence-electron chi connectivity index (χ0n) is 11.8. The second-order valence-corrected chi connectivity index (χ2v) is 5.82. The lowest BCUT2D eigenvalue weighted by molar-refractivity contribution is 0.263. The van der Waals surface area contributed by atoms with E-state index in [1.165, 1.54) is 6.07 Å². The van der Waals surface area contributed by atoms with Gasteiger partial charge in [-0.05, 0) is 27.0 Å². The molecule has 0 bridgehead atoms. The predicted molar refractivity (Wildman–Crippen MR) is 82.0 cm³/mol. The van der Waals surface area contributed by atoms with Crippen molar-refractivity contribution < 1.29 is 4.39 Å². The molecule has 0 N–H and O–H groups in total. The molecule has 6 heteroatoms. The molecule has 0 aliphatic rings. The molecule has 3 nitrogen and oxygen atoms in total. The van der Waals surface area contributed by atoms with E-state index < -0.39 is 5.82 Å². The Kier molecular flexibility index (Phi) is 4.89. The van der Waals surface area contributed by atoms with Gasteiger partial charge in [-0.3, -0.25) is 0 Å². The minimum Gasteiger partial charge on any atom is -0.326 e. The molecular weight excluding hydrogens is 300 g/mol. The topological polar surface area (TPSA) is 21.1 Å². The van der Waals surface area contributed by atoms with Gasteiger partial charge in [0.1, 0.15) is 11.6 Å². The average molecular weight is 318 g/mol. The Morgan fingerprint density at radius 1 is 1.40 bits per heavy atom. The molecule has 20 heavy (non-hydrogen) atoms. The normalized spacial score (nSPS) is 12.0. The number of likely N-dealkylation sites (N-methyl/N-ethyl adjacent to an activating group) is 1. The van der Waals surface area contributed by atoms with Crippen molar-refractivity contribution in [1.82, 2.24) is 14.5 Å². The molecule has 1 heterocycles. The first-order valence-electron chi connectivity index (χ1n) is 6.54. The van der Waals surface area contributed by atoms with Gasteiger partial charge in [-0.15, -0.1) is 11.6 Å². The van der Waals surface area contributed by atoms with Gasteiger partial charge in [-0.2, -0.15) is 0 Å². The first kappa shape index (κ1) is 15.5. The Bertz CT molecular complexity index is 610. The molecule has 110 valence electrons. The molecule has 0 unspecified atom stereocenters. The van der Waals surface area contributed by atoms with Crippen LogP contribution in [-0.4, -0.2) is 34.1 Å². The second kappa shape index (κ2) is 6.29. The highest BCUT2D eigenvalue weighted by molar-refractivity contribution is 6.31. The summed E-state index contributed by atoms with van der Waals surface area (Å²) in [5.41, 5.74) is 1.42. The van der Waals surface area contributed by atoms with Crippen LogP contribution in [0.15, 0.2) is 12.1 Å². The molecule has 0 fully saturated rings. The minimum atomic E-state index is -0.454. The number of hydrogen-bond acceptors (Lipinski definition) is 2. The summed E-state index contributed by atoms with van der Waals surface area (Å²) in [7, 11) is 2.07. The van der Waals surface area contributed by atoms with Crippen LogP contribution >= 0.6 is 23.2 Å². The lowest BCUT2D eigenvalue weighted by Gasteiger charge is -2.21. The van der Waals surface area contributed by atoms with Crippen LogP contribution in [0, 0.1) is 5.82 Å². The first-order chi connectivity index (χ1) is 9.43. The number of hydrogen-bond donors (Lipinski definition) is 0. The van der Waals surface area contributed by atoms with E-state index in [0.29, 0.717) is 17.4 Å². The number of imidazole rings is 1. The van der Waals surface area contributed by atoms with E-state index in [1.54, 1.807) is 6.07 Å². The van der Waals surface area contributed by atoms with E-state index in [1.807, 2.05) is 4.57 Å². The van der Waals surface area contributed by atoms with Crippen LogP contribution in [0.1, 0.15) is 19.7 Å². The van der Waals surface area contributed by atoms with E-state index in [2.05, 4.69) is 30.8 Å². The van der Waals surface area contributed by atoms with Gasteiger partial charge in [-0.1, -0.05) is 11.6 Å². The minimum absolute atomic E-state index is 0.108. The van der Waals surface area contributed by atoms with Gasteiger partial charge in [-0.25, -0.2) is 9.37 Å². The fourth-order valence-corrected chi connectivity index (χ4v) is 2.40. The standard InChI is InChI=1S/C14H18Cl2FN3/c1-9(2)19(3)4-5-20-13-6-10(16)11(17)7-12(13)18-14(20)8-15/h6-7,9H,4-5,8H2,1-3H3. The monoisotopic (exact) mass is 317 g/mol. The lowest BCUT2D eigenvalue weighted by Crippen LogP contribution is -2.30. The third kappa shape index (κ3) is 3.08. The maximum atomic E-state index is 13.5. The number of alkyl halides is 1. The fraction of sp³-hybridized carbons (Fsp3) is 0.500. The zero-order chi connectivity index (χ0) is 14.9. The van der Waals surface area contributed by atoms with Crippen molar-refractivity contribution in [2.45, 2.75) is 32.3 Å². The third-order valence-corrected chi connectivity index (χ3v) is 4.08. The molecule has 0 spiro atoms. The van der Waals surface area contributed by atoms with Gasteiger partial charge in [0.05, 0.1) is 21.9 Å². The van der Waals surface area contributed by atoms with Gasteiger partial charge < -0.3 is 9.47 Å². The maximum absolute atomic E-state index is 13.5. The largest absolute Gasteiger partial charge is 0.326 e. The highest BCUT2D eigenvalue weighted by Crippen LogP contribution is 2.24. The quantitative estimate of drug-likeness (QED) is 0.780. The summed E-state index contributed by atoms with van der Waals surface area (Å²) in [4.78, 5) is 6.60. The van der Waals surface area contributed by atoms with Gasteiger partial charge in [0.2, 0.25) is 0 Å². The molecule has 1 aromatic carbocycles. The van der Waals surface area contributed by atoms with Gasteiger partial charge in [0.25, 0.3) is 0 Å². The number of rotatable bonds is 5. The van der Waals surface area contributed by atoms with Crippen LogP contribution in [0.25, 0.3) is 11.0 Å². The maximum Gasteiger partial charge on any atom is 0.144 e. The first-order valence-corrected chi connectivity index (χ1v) is 7.45. The number of fused-ring (bicyclic) bond motifs is 1. The molecule has 0 amide bonds. The summed E-state index contributed by atoms with van der Waals surface area (Å²) >= 11 is 11.8. The highest BCUT2D eigenvalue weighted by atomic mass is 35.5. The molecule has 0 atom stereocenters. The van der Waals surface area contributed by atoms with E-state index in [-0.39, 0.29) is 5.02 Å². The Labute approximate surface area is 128 Å². The molecule has 0 radical (unpaired) electrons. The van der Waals surface area contributed by atoms with Gasteiger partial charge >= 0.3 is 0 Å². The second-order valence-electron chi connectivity index (χ2n) is 5.14. The van der Waals surface area contributed by atoms with Crippen LogP contribution in [0.2, 0.25) is 5.02 Å². The van der Waals surface area contributed by atoms with E-state index in [0.717, 1.165) is 24.4 Å². The van der Waals surface area contributed by atoms with Crippen LogP contribution in [-0.2, 0) is 12.4 Å². The average Bonchev–Trinajstić information content (AvgIpc) is 2.73. The van der Waals surface area contributed by atoms with Gasteiger partial charge in [0.15, 0.2) is 0 Å². The SMILES string of the molecule is CC(C)N(C)CCn1c(CCl)nc2cc(F)c(Cl)cc21. The Balaban J connectivity index is 2.37. The van der Waals surface area contributed by atoms with E-state index in [9.17, 15) is 4.39 Å². The molecule has 0 aliphatic heterocycles. The Morgan fingerprint density at radius 3 is 2.70 bits per heavy atom. The van der Waals surface area contributed by atoms with E-state index >= 15 is 0 Å². The summed E-state index contributed by atoms with van der Waals surface area (Å²) in [6, 6.07) is 3.44. The molecule has 2 aromatic rings. The fourth-order valence-electron chi connectivity index (χ4n) is 2.04. The van der Waals surface area contributed by atoms with Crippen molar-refractivity contribution >= 4 is 34.2 Å². The summed E-state index contributed by atoms with van der Waals surface area (Å²) in [6.45, 7) is 5.89. The van der Waals surface area contributed by atoms with Crippen molar-refractivity contribution in [3.63, 3.8) is 0 Å². The predicted octanol–water partition coefficient (Wildman–Crippen LogP) is 3.91. The van der Waals surface area contributed by atoms with Crippen LogP contribution < -0.4 is 0 Å². The summed E-state index contributed by atoms with van der Waals surface area (Å²) in [5, 5.41) is 0.108. The third-order valence-electron chi connectivity index (χ3n) is 3.55. The summed E-state index contributed by atoms with van der Waals surface area (Å²) in [6.07, 6.45) is 0. The molecule has 0 aliphatic carbocycles. The van der Waals surface area contributed by atoms with Crippen molar-refractivity contribution in [3.8, 4) is 0 Å². The van der Waals surface area contributed by atoms with Crippen molar-refractivity contribution in [1.29, 1.82) is 0 Å². The Morgan fingerprint density at radius 2 is 2.10 bits per heavy atom. The number of halogens is 3. The molecule has 0 saturated carbocycles. The number of benzene rings is 1. The zero-order valence-corrected chi connectivity index (χ0v) is 13.3. The molecular formula is C14H18Cl2FN3. The van der Waals surface area contributed by atoms with Crippen molar-refractivity contribution in [2.24, 2.45) is 0 Å². The van der Waals surface area contributed by atoms with Crippen LogP contribution in [0.4, 0.5) is 4.39 Å². The van der Waals surface area contributed by atoms with Gasteiger partial charge in [0, 0.05) is 25.2 Å². The summed E-state index contributed by atoms with van der Waals surface area (Å²) in [5.74, 6) is 0.573. The molecule has 2 rings (SSSR count). The Hall–Kier alpha value is -0.840. The summed E-state index contributed by atoms with van der Waals surface area (Å²) < 4.78 is 15.5. The smallest absolute Gasteiger partial charge is 0.144 e.